The van der Waals surface area contributed by atoms with Gasteiger partial charge in [0.2, 0.25) is 0 Å². The Morgan fingerprint density at radius 3 is 0.860 bits per heavy atom. The molecule has 0 N–H and O–H groups in total. The van der Waals surface area contributed by atoms with Crippen molar-refractivity contribution in [1.82, 2.24) is 0 Å². The summed E-state index contributed by atoms with van der Waals surface area (Å²) >= 11 is 0. The molecule has 0 fully saturated rings. The zero-order valence-corrected chi connectivity index (χ0v) is 38.8. The highest BCUT2D eigenvalue weighted by Gasteiger charge is 2.19. The average molecular weight is 807 g/mol. The molecule has 0 rings (SSSR count). The molecular weight excluding hydrogens is 709 g/mol. The molecule has 0 aliphatic heterocycles. The van der Waals surface area contributed by atoms with Crippen LogP contribution in [0, 0.1) is 5.92 Å². The summed E-state index contributed by atoms with van der Waals surface area (Å²) in [7, 11) is 0. The summed E-state index contributed by atoms with van der Waals surface area (Å²) < 4.78 is 16.8. The van der Waals surface area contributed by atoms with E-state index < -0.39 is 6.10 Å². The van der Waals surface area contributed by atoms with Crippen molar-refractivity contribution in [3.63, 3.8) is 0 Å². The lowest BCUT2D eigenvalue weighted by Gasteiger charge is -2.18. The van der Waals surface area contributed by atoms with E-state index in [1.807, 2.05) is 0 Å². The Hall–Kier alpha value is -1.59. The van der Waals surface area contributed by atoms with Gasteiger partial charge in [0.15, 0.2) is 6.10 Å². The van der Waals surface area contributed by atoms with Gasteiger partial charge in [-0.3, -0.25) is 14.4 Å². The third-order valence-corrected chi connectivity index (χ3v) is 11.5. The summed E-state index contributed by atoms with van der Waals surface area (Å²) in [6.45, 7) is 8.98. The van der Waals surface area contributed by atoms with E-state index in [-0.39, 0.29) is 31.1 Å². The first-order valence-corrected chi connectivity index (χ1v) is 25.4. The summed E-state index contributed by atoms with van der Waals surface area (Å²) in [5.74, 6) is -0.0536. The molecule has 0 heterocycles. The van der Waals surface area contributed by atoms with Gasteiger partial charge in [-0.15, -0.1) is 0 Å². The third-order valence-electron chi connectivity index (χ3n) is 11.5. The molecule has 0 aromatic carbocycles. The van der Waals surface area contributed by atoms with Crippen LogP contribution in [0.25, 0.3) is 0 Å². The Kier molecular flexibility index (Phi) is 44.2. The van der Waals surface area contributed by atoms with Gasteiger partial charge in [-0.1, -0.05) is 246 Å². The van der Waals surface area contributed by atoms with E-state index in [1.165, 1.54) is 180 Å². The molecule has 0 spiro atoms. The maximum atomic E-state index is 12.7. The molecule has 0 aliphatic carbocycles. The Bertz CT molecular complexity index is 857. The van der Waals surface area contributed by atoms with Crippen LogP contribution in [0.1, 0.15) is 285 Å². The van der Waals surface area contributed by atoms with Crippen molar-refractivity contribution >= 4 is 17.9 Å². The SMILES string of the molecule is CCCCCCCCCCCCCCCCCCCCC(=O)OC[C@H](COC(=O)CCCCCCCCCCC(C)C)OC(=O)CCCCCCCCCCCC. The minimum absolute atomic E-state index is 0.0634. The van der Waals surface area contributed by atoms with Gasteiger partial charge in [-0.05, 0) is 25.2 Å². The number of hydrogen-bond acceptors (Lipinski definition) is 6. The van der Waals surface area contributed by atoms with E-state index in [1.54, 1.807) is 0 Å². The Morgan fingerprint density at radius 1 is 0.333 bits per heavy atom. The molecule has 6 heteroatoms. The number of carbonyl (C=O) groups is 3. The molecule has 0 aliphatic rings. The fourth-order valence-electron chi connectivity index (χ4n) is 7.69. The molecular formula is C51H98O6. The van der Waals surface area contributed by atoms with E-state index in [9.17, 15) is 14.4 Å². The first-order valence-electron chi connectivity index (χ1n) is 25.4. The minimum Gasteiger partial charge on any atom is -0.462 e. The second-order valence-electron chi connectivity index (χ2n) is 17.9. The quantitative estimate of drug-likeness (QED) is 0.0346. The first-order chi connectivity index (χ1) is 27.9. The van der Waals surface area contributed by atoms with Crippen LogP contribution in [-0.2, 0) is 28.6 Å². The topological polar surface area (TPSA) is 78.9 Å². The molecule has 0 aromatic heterocycles. The smallest absolute Gasteiger partial charge is 0.306 e. The molecule has 0 radical (unpaired) electrons. The van der Waals surface area contributed by atoms with Crippen molar-refractivity contribution in [3.8, 4) is 0 Å². The van der Waals surface area contributed by atoms with Gasteiger partial charge >= 0.3 is 17.9 Å². The van der Waals surface area contributed by atoms with Crippen LogP contribution in [0.3, 0.4) is 0 Å². The predicted molar refractivity (Wildman–Crippen MR) is 243 cm³/mol. The first kappa shape index (κ1) is 55.4. The Morgan fingerprint density at radius 2 is 0.579 bits per heavy atom. The number of rotatable bonds is 46. The van der Waals surface area contributed by atoms with Crippen molar-refractivity contribution < 1.29 is 28.6 Å². The van der Waals surface area contributed by atoms with Crippen LogP contribution >= 0.6 is 0 Å². The molecule has 0 aromatic rings. The summed E-state index contributed by atoms with van der Waals surface area (Å²) in [6.07, 6.45) is 46.7. The lowest BCUT2D eigenvalue weighted by Crippen LogP contribution is -2.30. The van der Waals surface area contributed by atoms with Crippen LogP contribution in [0.4, 0.5) is 0 Å². The normalized spacial score (nSPS) is 11.9. The number of carbonyl (C=O) groups excluding carboxylic acids is 3. The van der Waals surface area contributed by atoms with E-state index in [0.717, 1.165) is 63.7 Å². The molecule has 338 valence electrons. The highest BCUT2D eigenvalue weighted by molar-refractivity contribution is 5.71. The highest BCUT2D eigenvalue weighted by atomic mass is 16.6. The average Bonchev–Trinajstić information content (AvgIpc) is 3.19. The molecule has 1 atom stereocenters. The van der Waals surface area contributed by atoms with Crippen molar-refractivity contribution in [2.45, 2.75) is 291 Å². The number of esters is 3. The summed E-state index contributed by atoms with van der Waals surface area (Å²) in [6, 6.07) is 0. The lowest BCUT2D eigenvalue weighted by atomic mass is 10.0. The van der Waals surface area contributed by atoms with Gasteiger partial charge in [0.05, 0.1) is 0 Å². The second-order valence-corrected chi connectivity index (χ2v) is 17.9. The van der Waals surface area contributed by atoms with E-state index >= 15 is 0 Å². The Labute approximate surface area is 355 Å². The fourth-order valence-corrected chi connectivity index (χ4v) is 7.69. The second kappa shape index (κ2) is 45.5. The van der Waals surface area contributed by atoms with E-state index in [0.29, 0.717) is 19.3 Å². The third kappa shape index (κ3) is 45.3. The van der Waals surface area contributed by atoms with Crippen LogP contribution < -0.4 is 0 Å². The molecule has 0 unspecified atom stereocenters. The zero-order chi connectivity index (χ0) is 41.7. The fraction of sp³-hybridized carbons (Fsp3) is 0.941. The maximum absolute atomic E-state index is 12.7. The monoisotopic (exact) mass is 807 g/mol. The molecule has 57 heavy (non-hydrogen) atoms. The van der Waals surface area contributed by atoms with Crippen molar-refractivity contribution in [2.24, 2.45) is 5.92 Å². The van der Waals surface area contributed by atoms with Gasteiger partial charge in [0, 0.05) is 19.3 Å². The lowest BCUT2D eigenvalue weighted by molar-refractivity contribution is -0.167. The number of unbranched alkanes of at least 4 members (excludes halogenated alkanes) is 33. The predicted octanol–water partition coefficient (Wildman–Crippen LogP) is 16.3. The van der Waals surface area contributed by atoms with Gasteiger partial charge in [0.1, 0.15) is 13.2 Å². The summed E-state index contributed by atoms with van der Waals surface area (Å²) in [4.78, 5) is 37.8. The zero-order valence-electron chi connectivity index (χ0n) is 38.8. The largest absolute Gasteiger partial charge is 0.462 e. The van der Waals surface area contributed by atoms with Gasteiger partial charge < -0.3 is 14.2 Å². The number of hydrogen-bond donors (Lipinski definition) is 0. The van der Waals surface area contributed by atoms with Crippen molar-refractivity contribution in [3.05, 3.63) is 0 Å². The molecule has 6 nitrogen and oxygen atoms in total. The molecule has 0 saturated heterocycles. The summed E-state index contributed by atoms with van der Waals surface area (Å²) in [5, 5.41) is 0. The molecule has 0 bridgehead atoms. The van der Waals surface area contributed by atoms with Crippen LogP contribution in [-0.4, -0.2) is 37.2 Å². The van der Waals surface area contributed by atoms with Crippen LogP contribution in [0.2, 0.25) is 0 Å². The van der Waals surface area contributed by atoms with Crippen LogP contribution in [0.15, 0.2) is 0 Å². The van der Waals surface area contributed by atoms with E-state index in [4.69, 9.17) is 14.2 Å². The number of ether oxygens (including phenoxy) is 3. The van der Waals surface area contributed by atoms with Crippen LogP contribution in [0.5, 0.6) is 0 Å². The minimum atomic E-state index is -0.760. The van der Waals surface area contributed by atoms with E-state index in [2.05, 4.69) is 27.7 Å². The van der Waals surface area contributed by atoms with Gasteiger partial charge in [0.25, 0.3) is 0 Å². The molecule has 0 saturated carbocycles. The van der Waals surface area contributed by atoms with Gasteiger partial charge in [-0.2, -0.15) is 0 Å². The Balaban J connectivity index is 4.23. The standard InChI is InChI=1S/C51H98O6/c1-5-7-9-11-13-15-17-18-19-20-21-22-23-24-26-30-34-38-42-49(52)55-45-48(57-51(54)44-40-36-32-25-16-14-12-10-8-6-2)46-56-50(53)43-39-35-31-28-27-29-33-37-41-47(3)4/h47-48H,5-46H2,1-4H3/t48-/m1/s1. The highest BCUT2D eigenvalue weighted by Crippen LogP contribution is 2.17. The maximum Gasteiger partial charge on any atom is 0.306 e. The molecule has 0 amide bonds. The van der Waals surface area contributed by atoms with Gasteiger partial charge in [-0.25, -0.2) is 0 Å². The van der Waals surface area contributed by atoms with Crippen molar-refractivity contribution in [2.75, 3.05) is 13.2 Å². The van der Waals surface area contributed by atoms with Crippen molar-refractivity contribution in [1.29, 1.82) is 0 Å². The summed E-state index contributed by atoms with van der Waals surface area (Å²) in [5.41, 5.74) is 0.